The first-order chi connectivity index (χ1) is 9.73. The van der Waals surface area contributed by atoms with Crippen LogP contribution in [0.4, 0.5) is 0 Å². The molecule has 1 atom stereocenters. The molecule has 0 amide bonds. The molecule has 1 saturated heterocycles. The average molecular weight is 310 g/mol. The average Bonchev–Trinajstić information content (AvgIpc) is 2.90. The lowest BCUT2D eigenvalue weighted by molar-refractivity contribution is 0.398. The third kappa shape index (κ3) is 3.65. The van der Waals surface area contributed by atoms with Crippen LogP contribution in [0.1, 0.15) is 32.8 Å². The second kappa shape index (κ2) is 6.07. The van der Waals surface area contributed by atoms with Gasteiger partial charge in [0.2, 0.25) is 10.0 Å². The van der Waals surface area contributed by atoms with Crippen LogP contribution in [0.25, 0.3) is 0 Å². The molecule has 1 fully saturated rings. The molecule has 2 rings (SSSR count). The Hall–Kier alpha value is -0.910. The molecule has 0 saturated carbocycles. The van der Waals surface area contributed by atoms with Crippen molar-refractivity contribution in [2.75, 3.05) is 26.7 Å². The van der Waals surface area contributed by atoms with E-state index in [1.54, 1.807) is 19.2 Å². The molecule has 1 unspecified atom stereocenters. The van der Waals surface area contributed by atoms with Gasteiger partial charge in [-0.25, -0.2) is 12.7 Å². The van der Waals surface area contributed by atoms with E-state index in [9.17, 15) is 8.42 Å². The van der Waals surface area contributed by atoms with Crippen LogP contribution in [-0.4, -0.2) is 39.4 Å². The highest BCUT2D eigenvalue weighted by Gasteiger charge is 2.30. The quantitative estimate of drug-likeness (QED) is 0.927. The molecule has 1 aliphatic heterocycles. The number of rotatable bonds is 4. The van der Waals surface area contributed by atoms with E-state index in [2.05, 4.69) is 5.32 Å². The van der Waals surface area contributed by atoms with Gasteiger partial charge in [-0.15, -0.1) is 0 Å². The fraction of sp³-hybridized carbons (Fsp3) is 0.625. The van der Waals surface area contributed by atoms with Gasteiger partial charge in [-0.05, 0) is 42.5 Å². The van der Waals surface area contributed by atoms with Crippen LogP contribution in [0.2, 0.25) is 0 Å². The van der Waals surface area contributed by atoms with Gasteiger partial charge in [0.25, 0.3) is 0 Å². The van der Waals surface area contributed by atoms with Gasteiger partial charge >= 0.3 is 0 Å². The molecule has 5 heteroatoms. The van der Waals surface area contributed by atoms with Crippen LogP contribution >= 0.6 is 0 Å². The molecule has 0 radical (unpaired) electrons. The largest absolute Gasteiger partial charge is 0.316 e. The molecule has 4 nitrogen and oxygen atoms in total. The fourth-order valence-electron chi connectivity index (χ4n) is 2.81. The summed E-state index contributed by atoms with van der Waals surface area (Å²) in [5, 5.41) is 3.28. The molecule has 0 aliphatic carbocycles. The maximum atomic E-state index is 12.9. The van der Waals surface area contributed by atoms with Crippen LogP contribution < -0.4 is 5.32 Å². The van der Waals surface area contributed by atoms with E-state index in [1.165, 1.54) is 4.31 Å². The third-order valence-electron chi connectivity index (χ3n) is 4.06. The number of sulfonamides is 1. The van der Waals surface area contributed by atoms with Crippen molar-refractivity contribution in [2.45, 2.75) is 37.5 Å². The highest BCUT2D eigenvalue weighted by molar-refractivity contribution is 7.89. The molecule has 1 heterocycles. The normalized spacial score (nSPS) is 20.1. The molecule has 118 valence electrons. The summed E-state index contributed by atoms with van der Waals surface area (Å²) in [6.45, 7) is 8.60. The summed E-state index contributed by atoms with van der Waals surface area (Å²) >= 11 is 0. The Labute approximate surface area is 128 Å². The minimum Gasteiger partial charge on any atom is -0.316 e. The molecule has 0 aromatic heterocycles. The van der Waals surface area contributed by atoms with Gasteiger partial charge in [-0.3, -0.25) is 0 Å². The predicted molar refractivity (Wildman–Crippen MR) is 85.9 cm³/mol. The second-order valence-corrected chi connectivity index (χ2v) is 8.90. The summed E-state index contributed by atoms with van der Waals surface area (Å²) in [6, 6.07) is 7.34. The van der Waals surface area contributed by atoms with E-state index in [-0.39, 0.29) is 5.41 Å². The first kappa shape index (κ1) is 16.5. The fourth-order valence-corrected chi connectivity index (χ4v) is 4.46. The summed E-state index contributed by atoms with van der Waals surface area (Å²) in [6.07, 6.45) is 1.04. The van der Waals surface area contributed by atoms with Crippen molar-refractivity contribution < 1.29 is 8.42 Å². The van der Waals surface area contributed by atoms with E-state index >= 15 is 0 Å². The van der Waals surface area contributed by atoms with E-state index in [0.29, 0.717) is 17.4 Å². The molecule has 21 heavy (non-hydrogen) atoms. The Morgan fingerprint density at radius 2 is 1.95 bits per heavy atom. The van der Waals surface area contributed by atoms with Crippen LogP contribution in [0.15, 0.2) is 29.2 Å². The van der Waals surface area contributed by atoms with Crippen LogP contribution in [0.5, 0.6) is 0 Å². The number of nitrogens with one attached hydrogen (secondary N) is 1. The summed E-state index contributed by atoms with van der Waals surface area (Å²) in [5.41, 5.74) is 0.681. The minimum absolute atomic E-state index is 0.195. The Bertz CT molecular complexity index is 585. The van der Waals surface area contributed by atoms with Crippen molar-refractivity contribution in [3.05, 3.63) is 29.8 Å². The number of hydrogen-bond acceptors (Lipinski definition) is 3. The molecule has 1 aromatic rings. The molecule has 0 spiro atoms. The molecular formula is C16H26N2O2S. The van der Waals surface area contributed by atoms with Gasteiger partial charge < -0.3 is 5.32 Å². The van der Waals surface area contributed by atoms with Gasteiger partial charge in [-0.2, -0.15) is 0 Å². The first-order valence-electron chi connectivity index (χ1n) is 7.49. The first-order valence-corrected chi connectivity index (χ1v) is 8.93. The van der Waals surface area contributed by atoms with Gasteiger partial charge in [0.05, 0.1) is 4.90 Å². The smallest absolute Gasteiger partial charge is 0.243 e. The lowest BCUT2D eigenvalue weighted by atomic mass is 9.87. The van der Waals surface area contributed by atoms with E-state index in [4.69, 9.17) is 0 Å². The molecule has 1 aliphatic rings. The van der Waals surface area contributed by atoms with Gasteiger partial charge in [0.15, 0.2) is 0 Å². The topological polar surface area (TPSA) is 49.4 Å². The van der Waals surface area contributed by atoms with Crippen molar-refractivity contribution in [1.82, 2.24) is 9.62 Å². The van der Waals surface area contributed by atoms with Crippen LogP contribution in [0, 0.1) is 5.92 Å². The highest BCUT2D eigenvalue weighted by Crippen LogP contribution is 2.30. The van der Waals surface area contributed by atoms with Crippen molar-refractivity contribution in [3.8, 4) is 0 Å². The lowest BCUT2D eigenvalue weighted by Gasteiger charge is -2.26. The van der Waals surface area contributed by atoms with Crippen LogP contribution in [0.3, 0.4) is 0 Å². The Kier molecular flexibility index (Phi) is 4.76. The standard InChI is InChI=1S/C16H26N2O2S/c1-16(2,3)14-7-5-6-8-15(14)21(19,20)18(4)12-13-9-10-17-11-13/h5-8,13,17H,9-12H2,1-4H3. The molecule has 1 N–H and O–H groups in total. The zero-order chi connectivity index (χ0) is 15.7. The third-order valence-corrected chi connectivity index (χ3v) is 5.94. The maximum absolute atomic E-state index is 12.9. The van der Waals surface area contributed by atoms with Crippen LogP contribution in [-0.2, 0) is 15.4 Å². The summed E-state index contributed by atoms with van der Waals surface area (Å²) < 4.78 is 27.3. The number of hydrogen-bond donors (Lipinski definition) is 1. The summed E-state index contributed by atoms with van der Waals surface area (Å²) in [5.74, 6) is 0.409. The van der Waals surface area contributed by atoms with E-state index < -0.39 is 10.0 Å². The SMILES string of the molecule is CN(CC1CCNC1)S(=O)(=O)c1ccccc1C(C)(C)C. The zero-order valence-corrected chi connectivity index (χ0v) is 14.2. The zero-order valence-electron chi connectivity index (χ0n) is 13.4. The summed E-state index contributed by atoms with van der Waals surface area (Å²) in [7, 11) is -1.75. The van der Waals surface area contributed by atoms with E-state index in [1.807, 2.05) is 32.9 Å². The van der Waals surface area contributed by atoms with Crippen molar-refractivity contribution >= 4 is 10.0 Å². The molecular weight excluding hydrogens is 284 g/mol. The predicted octanol–water partition coefficient (Wildman–Crippen LogP) is 2.21. The Morgan fingerprint density at radius 3 is 2.52 bits per heavy atom. The minimum atomic E-state index is -3.43. The van der Waals surface area contributed by atoms with E-state index in [0.717, 1.165) is 25.1 Å². The van der Waals surface area contributed by atoms with Gasteiger partial charge in [0.1, 0.15) is 0 Å². The Balaban J connectivity index is 2.31. The monoisotopic (exact) mass is 310 g/mol. The Morgan fingerprint density at radius 1 is 1.29 bits per heavy atom. The molecule has 1 aromatic carbocycles. The molecule has 0 bridgehead atoms. The summed E-state index contributed by atoms with van der Waals surface area (Å²) in [4.78, 5) is 0.436. The van der Waals surface area contributed by atoms with Crippen molar-refractivity contribution in [3.63, 3.8) is 0 Å². The second-order valence-electron chi connectivity index (χ2n) is 6.89. The lowest BCUT2D eigenvalue weighted by Crippen LogP contribution is -2.34. The van der Waals surface area contributed by atoms with Crippen molar-refractivity contribution in [2.24, 2.45) is 5.92 Å². The number of benzene rings is 1. The number of nitrogens with zero attached hydrogens (tertiary/aromatic N) is 1. The highest BCUT2D eigenvalue weighted by atomic mass is 32.2. The van der Waals surface area contributed by atoms with Crippen molar-refractivity contribution in [1.29, 1.82) is 0 Å². The van der Waals surface area contributed by atoms with Gasteiger partial charge in [0, 0.05) is 13.6 Å². The maximum Gasteiger partial charge on any atom is 0.243 e. The van der Waals surface area contributed by atoms with Gasteiger partial charge in [-0.1, -0.05) is 39.0 Å².